The van der Waals surface area contributed by atoms with Crippen molar-refractivity contribution in [3.05, 3.63) is 29.3 Å². The molecule has 16 heavy (non-hydrogen) atoms. The molecule has 1 N–H and O–H groups in total. The minimum absolute atomic E-state index is 0.350. The molecule has 0 bridgehead atoms. The number of rotatable bonds is 5. The smallest absolute Gasteiger partial charge is 0.306 e. The van der Waals surface area contributed by atoms with Crippen LogP contribution in [-0.4, -0.2) is 17.7 Å². The highest BCUT2D eigenvalue weighted by molar-refractivity contribution is 5.70. The summed E-state index contributed by atoms with van der Waals surface area (Å²) in [5.41, 5.74) is 2.15. The topological polar surface area (TPSA) is 46.5 Å². The minimum Gasteiger partial charge on any atom is -0.494 e. The van der Waals surface area contributed by atoms with Gasteiger partial charge in [0.25, 0.3) is 0 Å². The van der Waals surface area contributed by atoms with Gasteiger partial charge in [-0.05, 0) is 43.5 Å². The summed E-state index contributed by atoms with van der Waals surface area (Å²) in [6, 6.07) is 5.79. The molecule has 0 aliphatic carbocycles. The van der Waals surface area contributed by atoms with Crippen LogP contribution in [-0.2, 0) is 11.2 Å². The summed E-state index contributed by atoms with van der Waals surface area (Å²) in [6.07, 6.45) is 0.563. The Morgan fingerprint density at radius 1 is 1.50 bits per heavy atom. The number of hydrogen-bond acceptors (Lipinski definition) is 2. The Hall–Kier alpha value is -1.51. The maximum Gasteiger partial charge on any atom is 0.306 e. The van der Waals surface area contributed by atoms with Gasteiger partial charge in [0.05, 0.1) is 12.5 Å². The molecule has 0 heterocycles. The molecule has 1 rings (SSSR count). The van der Waals surface area contributed by atoms with Crippen molar-refractivity contribution in [2.45, 2.75) is 27.2 Å². The Balaban J connectivity index is 2.78. The third-order valence-electron chi connectivity index (χ3n) is 2.57. The average Bonchev–Trinajstić information content (AvgIpc) is 2.22. The fourth-order valence-corrected chi connectivity index (χ4v) is 1.57. The van der Waals surface area contributed by atoms with Gasteiger partial charge in [0.2, 0.25) is 0 Å². The van der Waals surface area contributed by atoms with Crippen molar-refractivity contribution in [1.29, 1.82) is 0 Å². The van der Waals surface area contributed by atoms with Crippen molar-refractivity contribution in [2.24, 2.45) is 5.92 Å². The molecular weight excluding hydrogens is 204 g/mol. The van der Waals surface area contributed by atoms with Crippen LogP contribution < -0.4 is 4.74 Å². The first-order chi connectivity index (χ1) is 7.54. The van der Waals surface area contributed by atoms with E-state index in [1.807, 2.05) is 32.0 Å². The van der Waals surface area contributed by atoms with Crippen molar-refractivity contribution in [1.82, 2.24) is 0 Å². The fraction of sp³-hybridized carbons (Fsp3) is 0.462. The van der Waals surface area contributed by atoms with Gasteiger partial charge in [-0.1, -0.05) is 13.0 Å². The fourth-order valence-electron chi connectivity index (χ4n) is 1.57. The maximum atomic E-state index is 10.8. The van der Waals surface area contributed by atoms with Gasteiger partial charge < -0.3 is 9.84 Å². The molecule has 1 atom stereocenters. The van der Waals surface area contributed by atoms with Crippen LogP contribution in [0.1, 0.15) is 25.0 Å². The second kappa shape index (κ2) is 5.54. The van der Waals surface area contributed by atoms with Gasteiger partial charge in [-0.3, -0.25) is 4.79 Å². The van der Waals surface area contributed by atoms with E-state index in [1.165, 1.54) is 0 Å². The highest BCUT2D eigenvalue weighted by Crippen LogP contribution is 2.20. The summed E-state index contributed by atoms with van der Waals surface area (Å²) in [5.74, 6) is -0.267. The van der Waals surface area contributed by atoms with Crippen molar-refractivity contribution < 1.29 is 14.6 Å². The molecule has 0 aliphatic rings. The Labute approximate surface area is 96.1 Å². The summed E-state index contributed by atoms with van der Waals surface area (Å²) >= 11 is 0. The summed E-state index contributed by atoms with van der Waals surface area (Å²) in [7, 11) is 0. The second-order valence-electron chi connectivity index (χ2n) is 3.96. The predicted molar refractivity (Wildman–Crippen MR) is 62.9 cm³/mol. The van der Waals surface area contributed by atoms with E-state index >= 15 is 0 Å². The Kier molecular flexibility index (Phi) is 4.35. The molecule has 0 saturated carbocycles. The van der Waals surface area contributed by atoms with Crippen molar-refractivity contribution >= 4 is 5.97 Å². The molecule has 0 aliphatic heterocycles. The number of carboxylic acids is 1. The molecule has 1 aromatic carbocycles. The number of benzene rings is 1. The lowest BCUT2D eigenvalue weighted by atomic mass is 9.97. The van der Waals surface area contributed by atoms with Crippen LogP contribution in [0.25, 0.3) is 0 Å². The molecule has 0 fully saturated rings. The Bertz CT molecular complexity index is 371. The van der Waals surface area contributed by atoms with E-state index in [2.05, 4.69) is 0 Å². The van der Waals surface area contributed by atoms with Crippen molar-refractivity contribution in [2.75, 3.05) is 6.61 Å². The van der Waals surface area contributed by atoms with Crippen LogP contribution in [0.15, 0.2) is 18.2 Å². The molecule has 0 amide bonds. The monoisotopic (exact) mass is 222 g/mol. The van der Waals surface area contributed by atoms with Crippen LogP contribution in [0.2, 0.25) is 0 Å². The highest BCUT2D eigenvalue weighted by Gasteiger charge is 2.13. The molecule has 0 saturated heterocycles. The number of hydrogen-bond donors (Lipinski definition) is 1. The number of ether oxygens (including phenoxy) is 1. The van der Waals surface area contributed by atoms with E-state index in [1.54, 1.807) is 6.92 Å². The van der Waals surface area contributed by atoms with Gasteiger partial charge in [-0.2, -0.15) is 0 Å². The number of aryl methyl sites for hydroxylation is 1. The molecule has 1 unspecified atom stereocenters. The first-order valence-electron chi connectivity index (χ1n) is 5.49. The van der Waals surface area contributed by atoms with E-state index in [-0.39, 0.29) is 5.92 Å². The molecule has 0 radical (unpaired) electrons. The largest absolute Gasteiger partial charge is 0.494 e. The van der Waals surface area contributed by atoms with E-state index in [4.69, 9.17) is 9.84 Å². The lowest BCUT2D eigenvalue weighted by Crippen LogP contribution is -2.12. The quantitative estimate of drug-likeness (QED) is 0.833. The van der Waals surface area contributed by atoms with Crippen molar-refractivity contribution in [3.63, 3.8) is 0 Å². The lowest BCUT2D eigenvalue weighted by Gasteiger charge is -2.11. The minimum atomic E-state index is -0.756. The van der Waals surface area contributed by atoms with E-state index in [0.29, 0.717) is 13.0 Å². The van der Waals surface area contributed by atoms with Gasteiger partial charge >= 0.3 is 5.97 Å². The van der Waals surface area contributed by atoms with Gasteiger partial charge in [-0.25, -0.2) is 0 Å². The van der Waals surface area contributed by atoms with Crippen LogP contribution in [0.5, 0.6) is 5.75 Å². The first-order valence-corrected chi connectivity index (χ1v) is 5.49. The summed E-state index contributed by atoms with van der Waals surface area (Å²) < 4.78 is 5.38. The van der Waals surface area contributed by atoms with Crippen LogP contribution in [0, 0.1) is 12.8 Å². The predicted octanol–water partition coefficient (Wildman–Crippen LogP) is 2.66. The van der Waals surface area contributed by atoms with E-state index in [9.17, 15) is 4.79 Å². The molecule has 1 aromatic rings. The summed E-state index contributed by atoms with van der Waals surface area (Å²) in [5, 5.41) is 8.85. The van der Waals surface area contributed by atoms with Crippen LogP contribution in [0.3, 0.4) is 0 Å². The first kappa shape index (κ1) is 12.6. The molecule has 0 spiro atoms. The van der Waals surface area contributed by atoms with Crippen LogP contribution >= 0.6 is 0 Å². The number of aliphatic carboxylic acids is 1. The zero-order valence-electron chi connectivity index (χ0n) is 9.99. The number of carbonyl (C=O) groups is 1. The Morgan fingerprint density at radius 3 is 2.69 bits per heavy atom. The third-order valence-corrected chi connectivity index (χ3v) is 2.57. The van der Waals surface area contributed by atoms with E-state index in [0.717, 1.165) is 16.9 Å². The lowest BCUT2D eigenvalue weighted by molar-refractivity contribution is -0.141. The summed E-state index contributed by atoms with van der Waals surface area (Å²) in [6.45, 7) is 6.28. The average molecular weight is 222 g/mol. The second-order valence-corrected chi connectivity index (χ2v) is 3.96. The zero-order valence-corrected chi connectivity index (χ0v) is 9.99. The van der Waals surface area contributed by atoms with Crippen LogP contribution in [0.4, 0.5) is 0 Å². The molecule has 3 nitrogen and oxygen atoms in total. The normalized spacial score (nSPS) is 12.2. The maximum absolute atomic E-state index is 10.8. The van der Waals surface area contributed by atoms with Gasteiger partial charge in [0.1, 0.15) is 5.75 Å². The van der Waals surface area contributed by atoms with Gasteiger partial charge in [-0.15, -0.1) is 0 Å². The SMILES string of the molecule is CCOc1ccc(CC(C)C(=O)O)c(C)c1. The van der Waals surface area contributed by atoms with Gasteiger partial charge in [0, 0.05) is 0 Å². The standard InChI is InChI=1S/C13H18O3/c1-4-16-12-6-5-11(9(2)8-12)7-10(3)13(14)15/h5-6,8,10H,4,7H2,1-3H3,(H,14,15). The highest BCUT2D eigenvalue weighted by atomic mass is 16.5. The molecule has 88 valence electrons. The third kappa shape index (κ3) is 3.26. The Morgan fingerprint density at radius 2 is 2.19 bits per heavy atom. The zero-order chi connectivity index (χ0) is 12.1. The van der Waals surface area contributed by atoms with Gasteiger partial charge in [0.15, 0.2) is 0 Å². The van der Waals surface area contributed by atoms with E-state index < -0.39 is 5.97 Å². The molecular formula is C13H18O3. The molecule has 3 heteroatoms. The number of carboxylic acid groups (broad SMARTS) is 1. The molecule has 0 aromatic heterocycles. The summed E-state index contributed by atoms with van der Waals surface area (Å²) in [4.78, 5) is 10.8. The van der Waals surface area contributed by atoms with Crippen molar-refractivity contribution in [3.8, 4) is 5.75 Å².